The third kappa shape index (κ3) is 7.84. The zero-order valence-corrected chi connectivity index (χ0v) is 24.0. The molecule has 4 heterocycles. The maximum atomic E-state index is 12.7. The van der Waals surface area contributed by atoms with Crippen molar-refractivity contribution in [2.24, 2.45) is 11.3 Å². The number of nitrogens with zero attached hydrogens (tertiary/aromatic N) is 4. The minimum atomic E-state index is -0.426. The molecule has 42 heavy (non-hydrogen) atoms. The number of hydrogen-bond donors (Lipinski definition) is 0. The second-order valence-electron chi connectivity index (χ2n) is 11.6. The normalized spacial score (nSPS) is 17.2. The minimum absolute atomic E-state index is 0.133. The van der Waals surface area contributed by atoms with Gasteiger partial charge in [-0.1, -0.05) is 26.0 Å². The van der Waals surface area contributed by atoms with Crippen molar-refractivity contribution in [3.05, 3.63) is 72.6 Å². The number of ether oxygens (including phenoxy) is 3. The maximum Gasteiger partial charge on any atom is 0.416 e. The summed E-state index contributed by atoms with van der Waals surface area (Å²) >= 11 is 0. The molecule has 0 atom stereocenters. The van der Waals surface area contributed by atoms with Crippen LogP contribution in [0.2, 0.25) is 0 Å². The first-order chi connectivity index (χ1) is 20.2. The molecule has 0 radical (unpaired) electrons. The molecular weight excluding hydrogens is 536 g/mol. The van der Waals surface area contributed by atoms with Gasteiger partial charge in [-0.05, 0) is 66.5 Å². The summed E-state index contributed by atoms with van der Waals surface area (Å²) in [6.45, 7) is 5.91. The van der Waals surface area contributed by atoms with Gasteiger partial charge in [0.2, 0.25) is 23.6 Å². The lowest BCUT2D eigenvalue weighted by Gasteiger charge is -2.34. The van der Waals surface area contributed by atoms with Crippen molar-refractivity contribution in [3.63, 3.8) is 0 Å². The van der Waals surface area contributed by atoms with Crippen LogP contribution in [0, 0.1) is 11.3 Å². The van der Waals surface area contributed by atoms with E-state index in [0.29, 0.717) is 63.1 Å². The van der Waals surface area contributed by atoms with Gasteiger partial charge in [0, 0.05) is 57.0 Å². The van der Waals surface area contributed by atoms with E-state index in [-0.39, 0.29) is 23.1 Å². The molecule has 2 aliphatic heterocycles. The Hall–Kier alpha value is -4.47. The Kier molecular flexibility index (Phi) is 9.00. The molecule has 0 saturated carbocycles. The summed E-state index contributed by atoms with van der Waals surface area (Å²) in [5.74, 6) is 2.27. The van der Waals surface area contributed by atoms with Crippen LogP contribution in [0.4, 0.5) is 4.79 Å². The molecular formula is C32H36N4O6. The first-order valence-electron chi connectivity index (χ1n) is 14.3. The SMILES string of the molecule is CC1(C)CC(=O)N(CCc2ccc(OC(=O)N3CCC(COc4ccc(Oc5ccccn5)cc4)CC3)nc2)C(=O)C1. The topological polar surface area (TPSA) is 111 Å². The average molecular weight is 573 g/mol. The van der Waals surface area contributed by atoms with E-state index < -0.39 is 6.09 Å². The Labute approximate surface area is 245 Å². The van der Waals surface area contributed by atoms with E-state index in [1.807, 2.05) is 50.2 Å². The number of benzene rings is 1. The molecule has 2 aromatic heterocycles. The fourth-order valence-electron chi connectivity index (χ4n) is 5.10. The molecule has 0 aliphatic carbocycles. The number of carbonyl (C=O) groups is 3. The lowest BCUT2D eigenvalue weighted by Crippen LogP contribution is -2.46. The van der Waals surface area contributed by atoms with Crippen LogP contribution >= 0.6 is 0 Å². The van der Waals surface area contributed by atoms with Gasteiger partial charge >= 0.3 is 6.09 Å². The Balaban J connectivity index is 1.01. The fraction of sp³-hybridized carbons (Fsp3) is 0.406. The number of carbonyl (C=O) groups excluding carboxylic acids is 3. The quantitative estimate of drug-likeness (QED) is 0.319. The number of hydrogen-bond acceptors (Lipinski definition) is 8. The summed E-state index contributed by atoms with van der Waals surface area (Å²) in [6, 6.07) is 16.4. The summed E-state index contributed by atoms with van der Waals surface area (Å²) < 4.78 is 17.2. The van der Waals surface area contributed by atoms with Crippen molar-refractivity contribution >= 4 is 17.9 Å². The fourth-order valence-corrected chi connectivity index (χ4v) is 5.10. The molecule has 3 amide bonds. The average Bonchev–Trinajstić information content (AvgIpc) is 2.97. The minimum Gasteiger partial charge on any atom is -0.493 e. The van der Waals surface area contributed by atoms with Crippen molar-refractivity contribution in [3.8, 4) is 23.3 Å². The highest BCUT2D eigenvalue weighted by molar-refractivity contribution is 5.98. The molecule has 0 spiro atoms. The van der Waals surface area contributed by atoms with Crippen molar-refractivity contribution in [1.29, 1.82) is 0 Å². The number of rotatable bonds is 9. The van der Waals surface area contributed by atoms with Gasteiger partial charge in [0.25, 0.3) is 0 Å². The van der Waals surface area contributed by atoms with E-state index in [9.17, 15) is 14.4 Å². The van der Waals surface area contributed by atoms with E-state index >= 15 is 0 Å². The van der Waals surface area contributed by atoms with Gasteiger partial charge in [-0.15, -0.1) is 0 Å². The first-order valence-corrected chi connectivity index (χ1v) is 14.3. The van der Waals surface area contributed by atoms with E-state index in [1.165, 1.54) is 4.90 Å². The highest BCUT2D eigenvalue weighted by Gasteiger charge is 2.37. The first kappa shape index (κ1) is 29.0. The van der Waals surface area contributed by atoms with Crippen molar-refractivity contribution in [2.75, 3.05) is 26.2 Å². The molecule has 5 rings (SSSR count). The number of piperidine rings is 2. The highest BCUT2D eigenvalue weighted by Crippen LogP contribution is 2.31. The highest BCUT2D eigenvalue weighted by atomic mass is 16.6. The van der Waals surface area contributed by atoms with Crippen LogP contribution in [0.3, 0.4) is 0 Å². The Morgan fingerprint density at radius 1 is 0.905 bits per heavy atom. The van der Waals surface area contributed by atoms with Gasteiger partial charge in [-0.25, -0.2) is 14.8 Å². The van der Waals surface area contributed by atoms with Crippen LogP contribution in [0.25, 0.3) is 0 Å². The van der Waals surface area contributed by atoms with Crippen LogP contribution in [0.5, 0.6) is 23.3 Å². The number of imide groups is 1. The molecule has 1 aromatic carbocycles. The second-order valence-corrected chi connectivity index (χ2v) is 11.6. The number of aromatic nitrogens is 2. The van der Waals surface area contributed by atoms with E-state index in [1.54, 1.807) is 35.5 Å². The molecule has 2 fully saturated rings. The third-order valence-corrected chi connectivity index (χ3v) is 7.52. The van der Waals surface area contributed by atoms with Crippen molar-refractivity contribution in [2.45, 2.75) is 46.0 Å². The van der Waals surface area contributed by atoms with Crippen molar-refractivity contribution in [1.82, 2.24) is 19.8 Å². The van der Waals surface area contributed by atoms with Crippen LogP contribution in [-0.2, 0) is 16.0 Å². The molecule has 10 heteroatoms. The van der Waals surface area contributed by atoms with Crippen LogP contribution in [0.15, 0.2) is 67.0 Å². The molecule has 0 unspecified atom stereocenters. The van der Waals surface area contributed by atoms with Gasteiger partial charge < -0.3 is 19.1 Å². The summed E-state index contributed by atoms with van der Waals surface area (Å²) in [4.78, 5) is 48.9. The predicted octanol–water partition coefficient (Wildman–Crippen LogP) is 5.28. The number of amides is 3. The van der Waals surface area contributed by atoms with Gasteiger partial charge in [-0.2, -0.15) is 0 Å². The smallest absolute Gasteiger partial charge is 0.416 e. The van der Waals surface area contributed by atoms with Gasteiger partial charge in [0.1, 0.15) is 11.5 Å². The Morgan fingerprint density at radius 3 is 2.26 bits per heavy atom. The summed E-state index contributed by atoms with van der Waals surface area (Å²) in [5.41, 5.74) is 0.571. The van der Waals surface area contributed by atoms with E-state index in [0.717, 1.165) is 24.2 Å². The van der Waals surface area contributed by atoms with Gasteiger partial charge in [0.05, 0.1) is 6.61 Å². The van der Waals surface area contributed by atoms with Gasteiger partial charge in [0.15, 0.2) is 0 Å². The molecule has 2 saturated heterocycles. The van der Waals surface area contributed by atoms with Gasteiger partial charge in [-0.3, -0.25) is 14.5 Å². The zero-order valence-electron chi connectivity index (χ0n) is 24.0. The third-order valence-electron chi connectivity index (χ3n) is 7.52. The molecule has 0 N–H and O–H groups in total. The second kappa shape index (κ2) is 13.0. The largest absolute Gasteiger partial charge is 0.493 e. The standard InChI is InChI=1S/C32H36N4O6/c1-32(2)19-29(37)36(30(38)20-32)18-14-23-6-11-28(34-21-23)42-31(39)35-16-12-24(13-17-35)22-40-25-7-9-26(10-8-25)41-27-5-3-4-15-33-27/h3-11,15,21,24H,12-14,16-20,22H2,1-2H3. The lowest BCUT2D eigenvalue weighted by molar-refractivity contribution is -0.152. The van der Waals surface area contributed by atoms with E-state index in [2.05, 4.69) is 9.97 Å². The molecule has 220 valence electrons. The number of pyridine rings is 2. The summed E-state index contributed by atoms with van der Waals surface area (Å²) in [7, 11) is 0. The maximum absolute atomic E-state index is 12.7. The van der Waals surface area contributed by atoms with E-state index in [4.69, 9.17) is 14.2 Å². The van der Waals surface area contributed by atoms with Crippen LogP contribution in [-0.4, -0.2) is 63.9 Å². The monoisotopic (exact) mass is 572 g/mol. The lowest BCUT2D eigenvalue weighted by atomic mass is 9.81. The summed E-state index contributed by atoms with van der Waals surface area (Å²) in [5, 5.41) is 0. The van der Waals surface area contributed by atoms with Crippen molar-refractivity contribution < 1.29 is 28.6 Å². The predicted molar refractivity (Wildman–Crippen MR) is 154 cm³/mol. The Morgan fingerprint density at radius 2 is 1.62 bits per heavy atom. The van der Waals surface area contributed by atoms with Crippen LogP contribution < -0.4 is 14.2 Å². The molecule has 3 aromatic rings. The molecule has 10 nitrogen and oxygen atoms in total. The molecule has 2 aliphatic rings. The summed E-state index contributed by atoms with van der Waals surface area (Å²) in [6.07, 6.45) is 5.73. The van der Waals surface area contributed by atoms with Crippen LogP contribution in [0.1, 0.15) is 45.1 Å². The Bertz CT molecular complexity index is 1350. The molecule has 0 bridgehead atoms. The number of likely N-dealkylation sites (tertiary alicyclic amines) is 2. The zero-order chi connectivity index (χ0) is 29.5.